The Balaban J connectivity index is 1.61. The van der Waals surface area contributed by atoms with E-state index in [9.17, 15) is 4.79 Å². The second kappa shape index (κ2) is 7.39. The van der Waals surface area contributed by atoms with Gasteiger partial charge in [-0.2, -0.15) is 0 Å². The second-order valence-corrected chi connectivity index (χ2v) is 8.45. The minimum atomic E-state index is -0.699. The quantitative estimate of drug-likeness (QED) is 0.591. The maximum Gasteiger partial charge on any atom is 0.308 e. The standard InChI is InChI=1S/C17H21NO4S2/c1-17(2)21-11(9-15(19)20-3)8-12(22-17)10-23-16-18-13-6-4-5-7-14(13)24-16/h4-7,11-12H,8-10H2,1-3H3/t11-,12?/m0/s1. The Bertz CT molecular complexity index is 682. The second-order valence-electron chi connectivity index (χ2n) is 6.15. The van der Waals surface area contributed by atoms with Crippen LogP contribution >= 0.6 is 23.1 Å². The molecule has 0 amide bonds. The highest BCUT2D eigenvalue weighted by molar-refractivity contribution is 8.01. The molecule has 1 aliphatic heterocycles. The van der Waals surface area contributed by atoms with Crippen LogP contribution in [0, 0.1) is 0 Å². The molecule has 0 N–H and O–H groups in total. The lowest BCUT2D eigenvalue weighted by molar-refractivity contribution is -0.295. The number of carbonyl (C=O) groups excluding carboxylic acids is 1. The number of ether oxygens (including phenoxy) is 3. The van der Waals surface area contributed by atoms with Gasteiger partial charge in [0.2, 0.25) is 0 Å². The molecule has 3 rings (SSSR count). The summed E-state index contributed by atoms with van der Waals surface area (Å²) >= 11 is 3.38. The topological polar surface area (TPSA) is 57.7 Å². The van der Waals surface area contributed by atoms with Gasteiger partial charge in [-0.3, -0.25) is 4.79 Å². The first-order valence-electron chi connectivity index (χ1n) is 7.86. The van der Waals surface area contributed by atoms with Crippen LogP contribution < -0.4 is 0 Å². The lowest BCUT2D eigenvalue weighted by Crippen LogP contribution is -2.46. The predicted molar refractivity (Wildman–Crippen MR) is 95.4 cm³/mol. The van der Waals surface area contributed by atoms with E-state index in [4.69, 9.17) is 14.2 Å². The normalized spacial score (nSPS) is 23.3. The van der Waals surface area contributed by atoms with Crippen molar-refractivity contribution in [1.82, 2.24) is 4.98 Å². The van der Waals surface area contributed by atoms with Gasteiger partial charge in [0.05, 0.1) is 36.0 Å². The average molecular weight is 367 g/mol. The molecule has 130 valence electrons. The van der Waals surface area contributed by atoms with Crippen molar-refractivity contribution >= 4 is 39.3 Å². The van der Waals surface area contributed by atoms with Crippen molar-refractivity contribution in [3.8, 4) is 0 Å². The van der Waals surface area contributed by atoms with Crippen LogP contribution in [-0.2, 0) is 19.0 Å². The number of aromatic nitrogens is 1. The summed E-state index contributed by atoms with van der Waals surface area (Å²) in [5, 5.41) is 0. The molecule has 1 aromatic heterocycles. The number of hydrogen-bond donors (Lipinski definition) is 0. The lowest BCUT2D eigenvalue weighted by Gasteiger charge is -2.40. The van der Waals surface area contributed by atoms with Crippen molar-refractivity contribution in [3.05, 3.63) is 24.3 Å². The van der Waals surface area contributed by atoms with Crippen molar-refractivity contribution in [3.63, 3.8) is 0 Å². The molecule has 0 aliphatic carbocycles. The third kappa shape index (κ3) is 4.47. The Morgan fingerprint density at radius 1 is 1.38 bits per heavy atom. The number of thiazole rings is 1. The number of hydrogen-bond acceptors (Lipinski definition) is 7. The van der Waals surface area contributed by atoms with Crippen molar-refractivity contribution in [2.45, 2.75) is 49.0 Å². The molecule has 0 bridgehead atoms. The van der Waals surface area contributed by atoms with Gasteiger partial charge in [0.25, 0.3) is 0 Å². The summed E-state index contributed by atoms with van der Waals surface area (Å²) in [6, 6.07) is 8.13. The van der Waals surface area contributed by atoms with Gasteiger partial charge < -0.3 is 14.2 Å². The zero-order valence-corrected chi connectivity index (χ0v) is 15.6. The number of esters is 1. The molecule has 2 atom stereocenters. The summed E-state index contributed by atoms with van der Waals surface area (Å²) in [6.45, 7) is 3.76. The van der Waals surface area contributed by atoms with Crippen molar-refractivity contribution in [2.75, 3.05) is 12.9 Å². The van der Waals surface area contributed by atoms with Gasteiger partial charge >= 0.3 is 5.97 Å². The summed E-state index contributed by atoms with van der Waals surface area (Å²) in [7, 11) is 1.40. The van der Waals surface area contributed by atoms with Gasteiger partial charge in [-0.15, -0.1) is 11.3 Å². The zero-order valence-electron chi connectivity index (χ0n) is 14.0. The largest absolute Gasteiger partial charge is 0.469 e. The van der Waals surface area contributed by atoms with Crippen LogP contribution in [0.5, 0.6) is 0 Å². The van der Waals surface area contributed by atoms with Gasteiger partial charge in [-0.1, -0.05) is 23.9 Å². The Morgan fingerprint density at radius 2 is 2.12 bits per heavy atom. The van der Waals surface area contributed by atoms with Crippen LogP contribution in [0.25, 0.3) is 10.2 Å². The number of para-hydroxylation sites is 1. The molecule has 1 unspecified atom stereocenters. The van der Waals surface area contributed by atoms with E-state index in [1.54, 1.807) is 23.1 Å². The molecule has 5 nitrogen and oxygen atoms in total. The SMILES string of the molecule is COC(=O)C[C@@H]1CC(CSc2nc3ccccc3s2)OC(C)(C)O1. The fourth-order valence-corrected chi connectivity index (χ4v) is 4.89. The third-order valence-corrected chi connectivity index (χ3v) is 6.03. The van der Waals surface area contributed by atoms with Crippen molar-refractivity contribution in [1.29, 1.82) is 0 Å². The van der Waals surface area contributed by atoms with E-state index in [2.05, 4.69) is 11.1 Å². The maximum atomic E-state index is 11.5. The van der Waals surface area contributed by atoms with E-state index in [0.717, 1.165) is 15.6 Å². The molecule has 1 aromatic carbocycles. The summed E-state index contributed by atoms with van der Waals surface area (Å²) < 4.78 is 18.8. The number of methoxy groups -OCH3 is 1. The van der Waals surface area contributed by atoms with Crippen molar-refractivity contribution in [2.24, 2.45) is 0 Å². The van der Waals surface area contributed by atoms with Crippen LogP contribution in [0.1, 0.15) is 26.7 Å². The minimum Gasteiger partial charge on any atom is -0.469 e. The summed E-state index contributed by atoms with van der Waals surface area (Å²) in [5.74, 6) is -0.171. The Labute approximate surface area is 149 Å². The average Bonchev–Trinajstić information content (AvgIpc) is 2.94. The molecule has 1 saturated heterocycles. The van der Waals surface area contributed by atoms with E-state index < -0.39 is 5.79 Å². The fraction of sp³-hybridized carbons (Fsp3) is 0.529. The van der Waals surface area contributed by atoms with Crippen LogP contribution in [0.15, 0.2) is 28.6 Å². The van der Waals surface area contributed by atoms with Crippen LogP contribution in [0.4, 0.5) is 0 Å². The first-order valence-corrected chi connectivity index (χ1v) is 9.66. The van der Waals surface area contributed by atoms with E-state index in [-0.39, 0.29) is 24.6 Å². The fourth-order valence-electron chi connectivity index (χ4n) is 2.79. The molecule has 2 aromatic rings. The number of benzene rings is 1. The van der Waals surface area contributed by atoms with Gasteiger partial charge in [0, 0.05) is 12.2 Å². The molecule has 0 spiro atoms. The van der Waals surface area contributed by atoms with E-state index in [0.29, 0.717) is 6.42 Å². The first kappa shape index (κ1) is 17.7. The number of rotatable bonds is 5. The van der Waals surface area contributed by atoms with Crippen LogP contribution in [0.2, 0.25) is 0 Å². The molecule has 0 radical (unpaired) electrons. The Kier molecular flexibility index (Phi) is 5.44. The van der Waals surface area contributed by atoms with E-state index in [1.807, 2.05) is 32.0 Å². The van der Waals surface area contributed by atoms with E-state index >= 15 is 0 Å². The number of nitrogens with zero attached hydrogens (tertiary/aromatic N) is 1. The predicted octanol–water partition coefficient (Wildman–Crippen LogP) is 3.86. The van der Waals surface area contributed by atoms with Gasteiger partial charge in [-0.25, -0.2) is 4.98 Å². The summed E-state index contributed by atoms with van der Waals surface area (Å²) in [6.07, 6.45) is 0.768. The summed E-state index contributed by atoms with van der Waals surface area (Å²) in [4.78, 5) is 16.2. The maximum absolute atomic E-state index is 11.5. The monoisotopic (exact) mass is 367 g/mol. The third-order valence-electron chi connectivity index (χ3n) is 3.72. The molecule has 1 fully saturated rings. The molecule has 7 heteroatoms. The molecule has 24 heavy (non-hydrogen) atoms. The van der Waals surface area contributed by atoms with Gasteiger partial charge in [0.15, 0.2) is 10.1 Å². The molecule has 1 aliphatic rings. The number of thioether (sulfide) groups is 1. The molecule has 0 saturated carbocycles. The Morgan fingerprint density at radius 3 is 2.88 bits per heavy atom. The highest BCUT2D eigenvalue weighted by atomic mass is 32.2. The van der Waals surface area contributed by atoms with Gasteiger partial charge in [0.1, 0.15) is 0 Å². The highest BCUT2D eigenvalue weighted by Gasteiger charge is 2.36. The van der Waals surface area contributed by atoms with Gasteiger partial charge in [-0.05, 0) is 26.0 Å². The molecule has 2 heterocycles. The highest BCUT2D eigenvalue weighted by Crippen LogP contribution is 2.34. The van der Waals surface area contributed by atoms with Crippen LogP contribution in [-0.4, -0.2) is 41.8 Å². The van der Waals surface area contributed by atoms with Crippen molar-refractivity contribution < 1.29 is 19.0 Å². The lowest BCUT2D eigenvalue weighted by atomic mass is 10.1. The van der Waals surface area contributed by atoms with Crippen LogP contribution in [0.3, 0.4) is 0 Å². The summed E-state index contributed by atoms with van der Waals surface area (Å²) in [5.41, 5.74) is 1.03. The minimum absolute atomic E-state index is 0.0143. The number of fused-ring (bicyclic) bond motifs is 1. The smallest absolute Gasteiger partial charge is 0.308 e. The first-order chi connectivity index (χ1) is 11.4. The molecular weight excluding hydrogens is 346 g/mol. The van der Waals surface area contributed by atoms with E-state index in [1.165, 1.54) is 11.8 Å². The number of carbonyl (C=O) groups is 1. The Hall–Kier alpha value is -1.15. The molecular formula is C17H21NO4S2. The zero-order chi connectivity index (χ0) is 17.2.